The van der Waals surface area contributed by atoms with Crippen LogP contribution in [0.25, 0.3) is 0 Å². The van der Waals surface area contributed by atoms with Gasteiger partial charge in [0, 0.05) is 13.1 Å². The maximum absolute atomic E-state index is 13.3. The quantitative estimate of drug-likeness (QED) is 0.555. The van der Waals surface area contributed by atoms with Crippen LogP contribution in [-0.4, -0.2) is 46.6 Å². The van der Waals surface area contributed by atoms with E-state index in [1.165, 1.54) is 0 Å². The first kappa shape index (κ1) is 20.7. The second kappa shape index (κ2) is 8.96. The number of amides is 3. The largest absolute Gasteiger partial charge is 0.497 e. The molecule has 0 aliphatic carbocycles. The van der Waals surface area contributed by atoms with Crippen LogP contribution in [0.15, 0.2) is 54.6 Å². The minimum Gasteiger partial charge on any atom is -0.497 e. The molecular formula is C22H27N3O4. The number of rotatable bonds is 7. The van der Waals surface area contributed by atoms with Crippen LogP contribution >= 0.6 is 0 Å². The molecule has 29 heavy (non-hydrogen) atoms. The summed E-state index contributed by atoms with van der Waals surface area (Å²) in [5.41, 5.74) is 3.65. The molecule has 2 aromatic carbocycles. The van der Waals surface area contributed by atoms with Crippen LogP contribution in [0.1, 0.15) is 31.0 Å². The molecule has 2 atom stereocenters. The average molecular weight is 397 g/mol. The highest BCUT2D eigenvalue weighted by Gasteiger charge is 2.45. The average Bonchev–Trinajstić information content (AvgIpc) is 3.04. The number of nitrogens with one attached hydrogen (secondary N) is 1. The number of hydrogen-bond donors (Lipinski definition) is 2. The van der Waals surface area contributed by atoms with Gasteiger partial charge in [0.05, 0.1) is 13.2 Å². The van der Waals surface area contributed by atoms with Crippen molar-refractivity contribution in [3.63, 3.8) is 0 Å². The van der Waals surface area contributed by atoms with Crippen LogP contribution in [-0.2, 0) is 11.3 Å². The van der Waals surface area contributed by atoms with Gasteiger partial charge in [-0.15, -0.1) is 0 Å². The molecular weight excluding hydrogens is 370 g/mol. The van der Waals surface area contributed by atoms with Crippen LogP contribution in [0.3, 0.4) is 0 Å². The standard InChI is InChI=1S/C22H27N3O4/c1-15(2)20(21(26)23-28)25-19(17-9-11-18(29-3)12-10-17)14-24(22(25)27)13-16-7-5-4-6-8-16/h4-12,15,19-20,28H,13-14H2,1-3H3,(H,23,26). The Labute approximate surface area is 170 Å². The van der Waals surface area contributed by atoms with E-state index in [2.05, 4.69) is 0 Å². The Balaban J connectivity index is 1.96. The van der Waals surface area contributed by atoms with Gasteiger partial charge >= 0.3 is 6.03 Å². The zero-order valence-corrected chi connectivity index (χ0v) is 16.9. The van der Waals surface area contributed by atoms with Crippen molar-refractivity contribution in [2.24, 2.45) is 5.92 Å². The highest BCUT2D eigenvalue weighted by atomic mass is 16.5. The lowest BCUT2D eigenvalue weighted by Crippen LogP contribution is -2.51. The maximum Gasteiger partial charge on any atom is 0.321 e. The minimum atomic E-state index is -0.791. The fourth-order valence-electron chi connectivity index (χ4n) is 3.83. The van der Waals surface area contributed by atoms with Crippen molar-refractivity contribution >= 4 is 11.9 Å². The third kappa shape index (κ3) is 4.35. The zero-order chi connectivity index (χ0) is 21.0. The molecule has 0 saturated carbocycles. The molecule has 7 heteroatoms. The second-order valence-electron chi connectivity index (χ2n) is 7.51. The molecule has 0 radical (unpaired) electrons. The molecule has 1 aliphatic heterocycles. The van der Waals surface area contributed by atoms with Crippen LogP contribution in [0.2, 0.25) is 0 Å². The van der Waals surface area contributed by atoms with E-state index in [1.807, 2.05) is 68.4 Å². The molecule has 0 bridgehead atoms. The molecule has 2 aromatic rings. The molecule has 1 fully saturated rings. The summed E-state index contributed by atoms with van der Waals surface area (Å²) in [7, 11) is 1.60. The van der Waals surface area contributed by atoms with E-state index in [0.29, 0.717) is 13.1 Å². The second-order valence-corrected chi connectivity index (χ2v) is 7.51. The Morgan fingerprint density at radius 2 is 1.83 bits per heavy atom. The van der Waals surface area contributed by atoms with Crippen molar-refractivity contribution in [3.8, 4) is 5.75 Å². The van der Waals surface area contributed by atoms with Gasteiger partial charge in [0.1, 0.15) is 11.8 Å². The van der Waals surface area contributed by atoms with E-state index < -0.39 is 11.9 Å². The zero-order valence-electron chi connectivity index (χ0n) is 16.9. The molecule has 1 aliphatic rings. The summed E-state index contributed by atoms with van der Waals surface area (Å²) in [5, 5.41) is 9.26. The Hall–Kier alpha value is -3.06. The number of carbonyl (C=O) groups excluding carboxylic acids is 2. The topological polar surface area (TPSA) is 82.1 Å². The van der Waals surface area contributed by atoms with Gasteiger partial charge < -0.3 is 14.5 Å². The van der Waals surface area contributed by atoms with Crippen LogP contribution in [0.4, 0.5) is 4.79 Å². The highest BCUT2D eigenvalue weighted by molar-refractivity contribution is 5.88. The smallest absolute Gasteiger partial charge is 0.321 e. The Bertz CT molecular complexity index is 839. The van der Waals surface area contributed by atoms with Gasteiger partial charge in [-0.1, -0.05) is 56.3 Å². The molecule has 3 amide bonds. The number of ether oxygens (including phenoxy) is 1. The van der Waals surface area contributed by atoms with Crippen molar-refractivity contribution in [2.75, 3.05) is 13.7 Å². The lowest BCUT2D eigenvalue weighted by Gasteiger charge is -2.33. The molecule has 2 unspecified atom stereocenters. The SMILES string of the molecule is COc1ccc(C2CN(Cc3ccccc3)C(=O)N2C(C(=O)NO)C(C)C)cc1. The van der Waals surface area contributed by atoms with Gasteiger partial charge in [-0.05, 0) is 29.2 Å². The third-order valence-corrected chi connectivity index (χ3v) is 5.25. The number of hydrogen-bond acceptors (Lipinski definition) is 4. The molecule has 2 N–H and O–H groups in total. The van der Waals surface area contributed by atoms with E-state index in [9.17, 15) is 14.8 Å². The molecule has 1 heterocycles. The van der Waals surface area contributed by atoms with E-state index >= 15 is 0 Å². The van der Waals surface area contributed by atoms with Gasteiger partial charge in [-0.2, -0.15) is 0 Å². The van der Waals surface area contributed by atoms with Crippen molar-refractivity contribution in [1.82, 2.24) is 15.3 Å². The summed E-state index contributed by atoms with van der Waals surface area (Å²) in [6, 6.07) is 15.9. The first-order valence-electron chi connectivity index (χ1n) is 9.65. The number of carbonyl (C=O) groups is 2. The summed E-state index contributed by atoms with van der Waals surface area (Å²) in [5.74, 6) is -0.0452. The van der Waals surface area contributed by atoms with E-state index in [0.717, 1.165) is 16.9 Å². The highest BCUT2D eigenvalue weighted by Crippen LogP contribution is 2.35. The van der Waals surface area contributed by atoms with Crippen molar-refractivity contribution in [2.45, 2.75) is 32.5 Å². The summed E-state index contributed by atoms with van der Waals surface area (Å²) in [6.45, 7) is 4.62. The van der Waals surface area contributed by atoms with Crippen LogP contribution in [0, 0.1) is 5.92 Å². The fraction of sp³-hybridized carbons (Fsp3) is 0.364. The van der Waals surface area contributed by atoms with Gasteiger partial charge in [0.15, 0.2) is 0 Å². The van der Waals surface area contributed by atoms with E-state index in [-0.39, 0.29) is 18.0 Å². The van der Waals surface area contributed by atoms with Gasteiger partial charge in [0.2, 0.25) is 0 Å². The number of methoxy groups -OCH3 is 1. The molecule has 7 nitrogen and oxygen atoms in total. The molecule has 154 valence electrons. The third-order valence-electron chi connectivity index (χ3n) is 5.25. The van der Waals surface area contributed by atoms with Gasteiger partial charge in [-0.3, -0.25) is 10.0 Å². The fourth-order valence-corrected chi connectivity index (χ4v) is 3.83. The van der Waals surface area contributed by atoms with Gasteiger partial charge in [0.25, 0.3) is 5.91 Å². The number of urea groups is 1. The normalized spacial score (nSPS) is 17.6. The summed E-state index contributed by atoms with van der Waals surface area (Å²) < 4.78 is 5.23. The van der Waals surface area contributed by atoms with Crippen LogP contribution < -0.4 is 10.2 Å². The predicted molar refractivity (Wildman–Crippen MR) is 108 cm³/mol. The first-order valence-corrected chi connectivity index (χ1v) is 9.65. The maximum atomic E-state index is 13.3. The first-order chi connectivity index (χ1) is 14.0. The van der Waals surface area contributed by atoms with E-state index in [4.69, 9.17) is 4.74 Å². The Morgan fingerprint density at radius 1 is 1.17 bits per heavy atom. The molecule has 1 saturated heterocycles. The van der Waals surface area contributed by atoms with Crippen molar-refractivity contribution < 1.29 is 19.5 Å². The molecule has 3 rings (SSSR count). The summed E-state index contributed by atoms with van der Waals surface area (Å²) in [6.07, 6.45) is 0. The monoisotopic (exact) mass is 397 g/mol. The van der Waals surface area contributed by atoms with Crippen molar-refractivity contribution in [1.29, 1.82) is 0 Å². The van der Waals surface area contributed by atoms with E-state index in [1.54, 1.807) is 22.4 Å². The van der Waals surface area contributed by atoms with Gasteiger partial charge in [-0.25, -0.2) is 10.3 Å². The predicted octanol–water partition coefficient (Wildman–Crippen LogP) is 3.20. The number of benzene rings is 2. The van der Waals surface area contributed by atoms with Crippen LogP contribution in [0.5, 0.6) is 5.75 Å². The number of nitrogens with zero attached hydrogens (tertiary/aromatic N) is 2. The Morgan fingerprint density at radius 3 is 2.38 bits per heavy atom. The Kier molecular flexibility index (Phi) is 6.39. The lowest BCUT2D eigenvalue weighted by atomic mass is 9.98. The molecule has 0 spiro atoms. The minimum absolute atomic E-state index is 0.177. The number of hydroxylamine groups is 1. The lowest BCUT2D eigenvalue weighted by molar-refractivity contribution is -0.135. The summed E-state index contributed by atoms with van der Waals surface area (Å²) >= 11 is 0. The van der Waals surface area contributed by atoms with Crippen molar-refractivity contribution in [3.05, 3.63) is 65.7 Å². The molecule has 0 aromatic heterocycles. The summed E-state index contributed by atoms with van der Waals surface area (Å²) in [4.78, 5) is 29.1.